The van der Waals surface area contributed by atoms with Crippen molar-refractivity contribution < 1.29 is 27.9 Å². The van der Waals surface area contributed by atoms with Gasteiger partial charge in [-0.2, -0.15) is 0 Å². The van der Waals surface area contributed by atoms with Crippen LogP contribution in [0.1, 0.15) is 32.1 Å². The molecule has 2 amide bonds. The van der Waals surface area contributed by atoms with E-state index in [0.29, 0.717) is 13.0 Å². The first-order valence-corrected chi connectivity index (χ1v) is 7.86. The smallest absolute Gasteiger partial charge is 0.259 e. The highest BCUT2D eigenvalue weighted by Gasteiger charge is 2.57. The summed E-state index contributed by atoms with van der Waals surface area (Å²) >= 11 is 0. The molecule has 1 aromatic rings. The van der Waals surface area contributed by atoms with Gasteiger partial charge in [0.1, 0.15) is 22.7 Å². The minimum atomic E-state index is -1.36. The molecular formula is C16H18F2N2O4. The number of benzene rings is 1. The van der Waals surface area contributed by atoms with Gasteiger partial charge in [0.05, 0.1) is 0 Å². The van der Waals surface area contributed by atoms with Crippen molar-refractivity contribution in [3.05, 3.63) is 29.8 Å². The predicted molar refractivity (Wildman–Crippen MR) is 79.5 cm³/mol. The zero-order chi connectivity index (χ0) is 17.2. The molecule has 24 heavy (non-hydrogen) atoms. The second kappa shape index (κ2) is 6.82. The van der Waals surface area contributed by atoms with Gasteiger partial charge >= 0.3 is 0 Å². The van der Waals surface area contributed by atoms with E-state index >= 15 is 0 Å². The Kier molecular flexibility index (Phi) is 4.77. The van der Waals surface area contributed by atoms with Crippen LogP contribution in [0, 0.1) is 17.0 Å². The van der Waals surface area contributed by atoms with Crippen molar-refractivity contribution in [1.29, 1.82) is 0 Å². The van der Waals surface area contributed by atoms with E-state index in [1.807, 2.05) is 0 Å². The molecular weight excluding hydrogens is 322 g/mol. The number of para-hydroxylation sites is 1. The van der Waals surface area contributed by atoms with Gasteiger partial charge in [0.25, 0.3) is 5.91 Å². The van der Waals surface area contributed by atoms with Crippen LogP contribution < -0.4 is 10.8 Å². The van der Waals surface area contributed by atoms with Gasteiger partial charge in [-0.05, 0) is 37.8 Å². The molecule has 2 N–H and O–H groups in total. The predicted octanol–water partition coefficient (Wildman–Crippen LogP) is 2.26. The maximum atomic E-state index is 13.6. The van der Waals surface area contributed by atoms with E-state index in [1.54, 1.807) is 0 Å². The number of hydrogen-bond acceptors (Lipinski definition) is 4. The van der Waals surface area contributed by atoms with Crippen LogP contribution in [0.25, 0.3) is 0 Å². The van der Waals surface area contributed by atoms with Crippen molar-refractivity contribution in [2.45, 2.75) is 38.4 Å². The third kappa shape index (κ3) is 3.39. The fourth-order valence-electron chi connectivity index (χ4n) is 2.55. The number of hydroxylamine groups is 1. The van der Waals surface area contributed by atoms with Gasteiger partial charge in [-0.15, -0.1) is 0 Å². The Labute approximate surface area is 137 Å². The molecule has 1 heterocycles. The van der Waals surface area contributed by atoms with Gasteiger partial charge in [0.15, 0.2) is 6.29 Å². The van der Waals surface area contributed by atoms with Gasteiger partial charge in [-0.25, -0.2) is 19.1 Å². The van der Waals surface area contributed by atoms with Crippen molar-refractivity contribution in [2.75, 3.05) is 11.9 Å². The zero-order valence-corrected chi connectivity index (χ0v) is 12.9. The summed E-state index contributed by atoms with van der Waals surface area (Å²) in [6.07, 6.45) is 2.56. The summed E-state index contributed by atoms with van der Waals surface area (Å²) in [5, 5.41) is 2.16. The number of hydrogen-bond donors (Lipinski definition) is 2. The quantitative estimate of drug-likeness (QED) is 0.637. The summed E-state index contributed by atoms with van der Waals surface area (Å²) in [6, 6.07) is 3.25. The SMILES string of the molecule is O=C(NOC1CCCCO1)C1(C(=O)Nc2c(F)cccc2F)CC1. The van der Waals surface area contributed by atoms with Crippen LogP contribution in [0.4, 0.5) is 14.5 Å². The number of carbonyl (C=O) groups excluding carboxylic acids is 2. The highest BCUT2D eigenvalue weighted by Crippen LogP contribution is 2.47. The summed E-state index contributed by atoms with van der Waals surface area (Å²) in [5.41, 5.74) is 0.324. The lowest BCUT2D eigenvalue weighted by Crippen LogP contribution is -2.42. The lowest BCUT2D eigenvalue weighted by Gasteiger charge is -2.23. The third-order valence-corrected chi connectivity index (χ3v) is 4.24. The van der Waals surface area contributed by atoms with Crippen molar-refractivity contribution in [3.63, 3.8) is 0 Å². The molecule has 0 bridgehead atoms. The molecule has 1 aromatic carbocycles. The molecule has 6 nitrogen and oxygen atoms in total. The number of ether oxygens (including phenoxy) is 1. The van der Waals surface area contributed by atoms with E-state index in [0.717, 1.165) is 25.0 Å². The molecule has 0 aromatic heterocycles. The Hall–Kier alpha value is -2.06. The van der Waals surface area contributed by atoms with E-state index in [9.17, 15) is 18.4 Å². The fraction of sp³-hybridized carbons (Fsp3) is 0.500. The molecule has 0 radical (unpaired) electrons. The van der Waals surface area contributed by atoms with Gasteiger partial charge in [0.2, 0.25) is 5.91 Å². The molecule has 1 saturated carbocycles. The first kappa shape index (κ1) is 16.8. The Bertz CT molecular complexity index is 623. The van der Waals surface area contributed by atoms with Gasteiger partial charge < -0.3 is 10.1 Å². The minimum absolute atomic E-state index is 0.287. The maximum Gasteiger partial charge on any atom is 0.259 e. The van der Waals surface area contributed by atoms with Crippen LogP contribution in [0.3, 0.4) is 0 Å². The molecule has 1 aliphatic heterocycles. The molecule has 1 unspecified atom stereocenters. The van der Waals surface area contributed by atoms with Crippen LogP contribution in [0.15, 0.2) is 18.2 Å². The number of carbonyl (C=O) groups is 2. The number of amides is 2. The highest BCUT2D eigenvalue weighted by atomic mass is 19.1. The number of nitrogens with one attached hydrogen (secondary N) is 2. The summed E-state index contributed by atoms with van der Waals surface area (Å²) in [5.74, 6) is -3.18. The Balaban J connectivity index is 1.60. The first-order valence-electron chi connectivity index (χ1n) is 7.86. The first-order chi connectivity index (χ1) is 11.5. The highest BCUT2D eigenvalue weighted by molar-refractivity contribution is 6.12. The minimum Gasteiger partial charge on any atom is -0.350 e. The van der Waals surface area contributed by atoms with Crippen molar-refractivity contribution in [1.82, 2.24) is 5.48 Å². The van der Waals surface area contributed by atoms with Crippen LogP contribution in [0.2, 0.25) is 0 Å². The van der Waals surface area contributed by atoms with Crippen LogP contribution in [0.5, 0.6) is 0 Å². The summed E-state index contributed by atoms with van der Waals surface area (Å²) in [4.78, 5) is 29.7. The van der Waals surface area contributed by atoms with Crippen LogP contribution >= 0.6 is 0 Å². The second-order valence-electron chi connectivity index (χ2n) is 5.98. The fourth-order valence-corrected chi connectivity index (χ4v) is 2.55. The van der Waals surface area contributed by atoms with Crippen LogP contribution in [-0.4, -0.2) is 24.7 Å². The Morgan fingerprint density at radius 3 is 2.46 bits per heavy atom. The Morgan fingerprint density at radius 1 is 1.17 bits per heavy atom. The maximum absolute atomic E-state index is 13.6. The van der Waals surface area contributed by atoms with E-state index in [-0.39, 0.29) is 12.8 Å². The van der Waals surface area contributed by atoms with E-state index < -0.39 is 40.8 Å². The molecule has 0 spiro atoms. The van der Waals surface area contributed by atoms with Crippen molar-refractivity contribution in [2.24, 2.45) is 5.41 Å². The molecule has 130 valence electrons. The topological polar surface area (TPSA) is 76.7 Å². The van der Waals surface area contributed by atoms with E-state index in [4.69, 9.17) is 9.57 Å². The van der Waals surface area contributed by atoms with E-state index in [1.165, 1.54) is 6.07 Å². The number of halogens is 2. The Morgan fingerprint density at radius 2 is 1.88 bits per heavy atom. The average molecular weight is 340 g/mol. The standard InChI is InChI=1S/C16H18F2N2O4/c17-10-4-3-5-11(18)13(10)19-14(21)16(7-8-16)15(22)20-24-12-6-1-2-9-23-12/h3-5,12H,1-2,6-9H2,(H,19,21)(H,20,22). The van der Waals surface area contributed by atoms with Crippen molar-refractivity contribution >= 4 is 17.5 Å². The van der Waals surface area contributed by atoms with E-state index in [2.05, 4.69) is 10.8 Å². The largest absolute Gasteiger partial charge is 0.350 e. The molecule has 2 fully saturated rings. The lowest BCUT2D eigenvalue weighted by molar-refractivity contribution is -0.202. The summed E-state index contributed by atoms with van der Waals surface area (Å²) in [6.45, 7) is 0.554. The van der Waals surface area contributed by atoms with Gasteiger partial charge in [-0.1, -0.05) is 6.07 Å². The zero-order valence-electron chi connectivity index (χ0n) is 12.9. The average Bonchev–Trinajstić information content (AvgIpc) is 3.39. The molecule has 2 aliphatic rings. The molecule has 1 aliphatic carbocycles. The molecule has 3 rings (SSSR count). The number of anilines is 1. The molecule has 1 atom stereocenters. The third-order valence-electron chi connectivity index (χ3n) is 4.24. The monoisotopic (exact) mass is 340 g/mol. The summed E-state index contributed by atoms with van der Waals surface area (Å²) in [7, 11) is 0. The van der Waals surface area contributed by atoms with Crippen LogP contribution in [-0.2, 0) is 19.2 Å². The normalized spacial score (nSPS) is 21.8. The lowest BCUT2D eigenvalue weighted by atomic mass is 10.1. The number of rotatable bonds is 5. The molecule has 8 heteroatoms. The summed E-state index contributed by atoms with van der Waals surface area (Å²) < 4.78 is 32.5. The second-order valence-corrected chi connectivity index (χ2v) is 5.98. The van der Waals surface area contributed by atoms with Gasteiger partial charge in [0, 0.05) is 13.0 Å². The molecule has 1 saturated heterocycles. The van der Waals surface area contributed by atoms with Crippen molar-refractivity contribution in [3.8, 4) is 0 Å². The van der Waals surface area contributed by atoms with Gasteiger partial charge in [-0.3, -0.25) is 9.59 Å².